The molecule has 2 rings (SSSR count). The Balaban J connectivity index is 1.82. The Hall–Kier alpha value is -3.42. The number of nitrogens with one attached hydrogen (secondary N) is 3. The molecule has 31 heavy (non-hydrogen) atoms. The number of rotatable bonds is 6. The fraction of sp³-hybridized carbons (Fsp3) is 0.348. The minimum absolute atomic E-state index is 0.0298. The van der Waals surface area contributed by atoms with Gasteiger partial charge in [-0.3, -0.25) is 25.2 Å². The van der Waals surface area contributed by atoms with Crippen LogP contribution in [0.25, 0.3) is 0 Å². The van der Waals surface area contributed by atoms with Crippen LogP contribution in [0.3, 0.4) is 0 Å². The fourth-order valence-electron chi connectivity index (χ4n) is 2.57. The average Bonchev–Trinajstić information content (AvgIpc) is 2.72. The van der Waals surface area contributed by atoms with E-state index in [-0.39, 0.29) is 5.41 Å². The van der Waals surface area contributed by atoms with Gasteiger partial charge in [0.1, 0.15) is 17.6 Å². The van der Waals surface area contributed by atoms with Crippen molar-refractivity contribution in [1.29, 1.82) is 0 Å². The molecule has 0 aliphatic heterocycles. The van der Waals surface area contributed by atoms with Crippen molar-refractivity contribution >= 4 is 17.7 Å². The lowest BCUT2D eigenvalue weighted by Gasteiger charge is -2.19. The molecule has 1 unspecified atom stereocenters. The first kappa shape index (κ1) is 23.9. The molecule has 0 bridgehead atoms. The van der Waals surface area contributed by atoms with Crippen LogP contribution in [0.4, 0.5) is 4.39 Å². The molecule has 3 amide bonds. The van der Waals surface area contributed by atoms with E-state index in [0.29, 0.717) is 11.3 Å². The molecule has 0 aromatic heterocycles. The quantitative estimate of drug-likeness (QED) is 0.615. The maximum absolute atomic E-state index is 12.9. The first-order chi connectivity index (χ1) is 14.5. The molecule has 0 aliphatic rings. The molecule has 0 heterocycles. The molecule has 7 nitrogen and oxygen atoms in total. The zero-order valence-corrected chi connectivity index (χ0v) is 18.3. The number of benzene rings is 2. The minimum Gasteiger partial charge on any atom is -0.481 e. The number of ether oxygens (including phenoxy) is 1. The van der Waals surface area contributed by atoms with E-state index in [1.165, 1.54) is 38.1 Å². The largest absolute Gasteiger partial charge is 0.481 e. The second kappa shape index (κ2) is 10.1. The lowest BCUT2D eigenvalue weighted by atomic mass is 9.86. The SMILES string of the molecule is CC(Oc1ccc(F)cc1)C(=O)NNC(=O)[C@H](C)NC(=O)c1ccc(C(C)(C)C)cc1. The number of hydrazine groups is 1. The topological polar surface area (TPSA) is 96.5 Å². The van der Waals surface area contributed by atoms with Crippen molar-refractivity contribution in [2.45, 2.75) is 52.2 Å². The highest BCUT2D eigenvalue weighted by molar-refractivity contribution is 5.97. The monoisotopic (exact) mass is 429 g/mol. The van der Waals surface area contributed by atoms with Gasteiger partial charge < -0.3 is 10.1 Å². The Kier molecular flexibility index (Phi) is 7.74. The summed E-state index contributed by atoms with van der Waals surface area (Å²) in [6.07, 6.45) is -0.933. The van der Waals surface area contributed by atoms with Gasteiger partial charge in [-0.2, -0.15) is 0 Å². The van der Waals surface area contributed by atoms with Crippen LogP contribution in [0.1, 0.15) is 50.5 Å². The van der Waals surface area contributed by atoms with Gasteiger partial charge in [-0.25, -0.2) is 4.39 Å². The van der Waals surface area contributed by atoms with Gasteiger partial charge in [0.25, 0.3) is 17.7 Å². The molecular weight excluding hydrogens is 401 g/mol. The van der Waals surface area contributed by atoms with E-state index in [0.717, 1.165) is 5.56 Å². The van der Waals surface area contributed by atoms with Crippen LogP contribution in [0.15, 0.2) is 48.5 Å². The van der Waals surface area contributed by atoms with Gasteiger partial charge >= 0.3 is 0 Å². The Bertz CT molecular complexity index is 921. The predicted molar refractivity (Wildman–Crippen MR) is 115 cm³/mol. The minimum atomic E-state index is -0.933. The summed E-state index contributed by atoms with van der Waals surface area (Å²) in [5, 5.41) is 2.58. The molecule has 0 saturated carbocycles. The number of carbonyl (C=O) groups is 3. The van der Waals surface area contributed by atoms with Crippen molar-refractivity contribution in [3.05, 3.63) is 65.5 Å². The third-order valence-electron chi connectivity index (χ3n) is 4.56. The predicted octanol–water partition coefficient (Wildman–Crippen LogP) is 2.86. The van der Waals surface area contributed by atoms with Gasteiger partial charge in [0.05, 0.1) is 0 Å². The summed E-state index contributed by atoms with van der Waals surface area (Å²) in [5.74, 6) is -1.70. The molecule has 8 heteroatoms. The van der Waals surface area contributed by atoms with Crippen molar-refractivity contribution in [2.75, 3.05) is 0 Å². The first-order valence-corrected chi connectivity index (χ1v) is 9.90. The van der Waals surface area contributed by atoms with Crippen LogP contribution < -0.4 is 20.9 Å². The highest BCUT2D eigenvalue weighted by Gasteiger charge is 2.20. The van der Waals surface area contributed by atoms with Gasteiger partial charge in [-0.05, 0) is 61.2 Å². The summed E-state index contributed by atoms with van der Waals surface area (Å²) in [7, 11) is 0. The van der Waals surface area contributed by atoms with Crippen molar-refractivity contribution in [1.82, 2.24) is 16.2 Å². The van der Waals surface area contributed by atoms with E-state index in [9.17, 15) is 18.8 Å². The van der Waals surface area contributed by atoms with Crippen molar-refractivity contribution in [3.8, 4) is 5.75 Å². The summed E-state index contributed by atoms with van der Waals surface area (Å²) in [6.45, 7) is 9.22. The normalized spacial score (nSPS) is 13.0. The van der Waals surface area contributed by atoms with Gasteiger partial charge in [0, 0.05) is 5.56 Å². The van der Waals surface area contributed by atoms with Gasteiger partial charge in [0.2, 0.25) is 0 Å². The number of amides is 3. The Morgan fingerprint density at radius 3 is 1.97 bits per heavy atom. The molecule has 0 spiro atoms. The number of hydrogen-bond donors (Lipinski definition) is 3. The smallest absolute Gasteiger partial charge is 0.279 e. The second-order valence-corrected chi connectivity index (χ2v) is 8.22. The fourth-order valence-corrected chi connectivity index (χ4v) is 2.57. The number of hydrogen-bond acceptors (Lipinski definition) is 4. The van der Waals surface area contributed by atoms with Crippen LogP contribution in [-0.4, -0.2) is 29.9 Å². The molecule has 0 radical (unpaired) electrons. The molecule has 2 aromatic rings. The van der Waals surface area contributed by atoms with Gasteiger partial charge in [0.15, 0.2) is 6.10 Å². The molecule has 3 N–H and O–H groups in total. The van der Waals surface area contributed by atoms with Crippen molar-refractivity contribution < 1.29 is 23.5 Å². The first-order valence-electron chi connectivity index (χ1n) is 9.90. The molecule has 0 aliphatic carbocycles. The van der Waals surface area contributed by atoms with E-state index in [2.05, 4.69) is 36.9 Å². The zero-order valence-electron chi connectivity index (χ0n) is 18.3. The van der Waals surface area contributed by atoms with E-state index < -0.39 is 35.7 Å². The summed E-state index contributed by atoms with van der Waals surface area (Å²) >= 11 is 0. The van der Waals surface area contributed by atoms with Gasteiger partial charge in [-0.15, -0.1) is 0 Å². The summed E-state index contributed by atoms with van der Waals surface area (Å²) in [4.78, 5) is 36.6. The third kappa shape index (κ3) is 7.09. The standard InChI is InChI=1S/C23H28FN3O4/c1-14(25-22(30)16-6-8-17(9-7-16)23(3,4)5)20(28)26-27-21(29)15(2)31-19-12-10-18(24)11-13-19/h6-15H,1-5H3,(H,25,30)(H,26,28)(H,27,29)/t14-,15?/m0/s1. The van der Waals surface area contributed by atoms with E-state index in [1.54, 1.807) is 12.1 Å². The van der Waals surface area contributed by atoms with Crippen LogP contribution in [0.5, 0.6) is 5.75 Å². The maximum atomic E-state index is 12.9. The highest BCUT2D eigenvalue weighted by atomic mass is 19.1. The summed E-state index contributed by atoms with van der Waals surface area (Å²) < 4.78 is 18.3. The highest BCUT2D eigenvalue weighted by Crippen LogP contribution is 2.22. The molecule has 2 aromatic carbocycles. The Labute approximate surface area is 181 Å². The molecule has 0 fully saturated rings. The Morgan fingerprint density at radius 2 is 1.42 bits per heavy atom. The average molecular weight is 429 g/mol. The van der Waals surface area contributed by atoms with Crippen LogP contribution >= 0.6 is 0 Å². The van der Waals surface area contributed by atoms with Crippen LogP contribution in [-0.2, 0) is 15.0 Å². The van der Waals surface area contributed by atoms with Gasteiger partial charge in [-0.1, -0.05) is 32.9 Å². The lowest BCUT2D eigenvalue weighted by molar-refractivity contribution is -0.133. The van der Waals surface area contributed by atoms with Crippen LogP contribution in [0.2, 0.25) is 0 Å². The van der Waals surface area contributed by atoms with E-state index >= 15 is 0 Å². The summed E-state index contributed by atoms with van der Waals surface area (Å²) in [6, 6.07) is 11.5. The lowest BCUT2D eigenvalue weighted by Crippen LogP contribution is -2.53. The Morgan fingerprint density at radius 1 is 0.871 bits per heavy atom. The maximum Gasteiger partial charge on any atom is 0.279 e. The molecular formula is C23H28FN3O4. The molecule has 166 valence electrons. The zero-order chi connectivity index (χ0) is 23.2. The van der Waals surface area contributed by atoms with Crippen LogP contribution in [0, 0.1) is 5.82 Å². The number of halogens is 1. The second-order valence-electron chi connectivity index (χ2n) is 8.22. The van der Waals surface area contributed by atoms with Crippen molar-refractivity contribution in [3.63, 3.8) is 0 Å². The molecule has 2 atom stereocenters. The molecule has 0 saturated heterocycles. The number of carbonyl (C=O) groups excluding carboxylic acids is 3. The third-order valence-corrected chi connectivity index (χ3v) is 4.56. The van der Waals surface area contributed by atoms with E-state index in [1.807, 2.05) is 12.1 Å². The van der Waals surface area contributed by atoms with Crippen molar-refractivity contribution in [2.24, 2.45) is 0 Å². The summed E-state index contributed by atoms with van der Waals surface area (Å²) in [5.41, 5.74) is 5.98. The van der Waals surface area contributed by atoms with E-state index in [4.69, 9.17) is 4.74 Å².